The second-order valence-electron chi connectivity index (χ2n) is 5.31. The Labute approximate surface area is 107 Å². The first-order chi connectivity index (χ1) is 8.56. The van der Waals surface area contributed by atoms with Gasteiger partial charge in [0.05, 0.1) is 0 Å². The minimum absolute atomic E-state index is 0.240. The lowest BCUT2D eigenvalue weighted by atomic mass is 10.1. The zero-order chi connectivity index (χ0) is 13.1. The summed E-state index contributed by atoms with van der Waals surface area (Å²) >= 11 is 0. The van der Waals surface area contributed by atoms with Gasteiger partial charge in [-0.05, 0) is 19.4 Å². The molecule has 0 aromatic rings. The van der Waals surface area contributed by atoms with Crippen LogP contribution in [0.25, 0.3) is 0 Å². The second-order valence-corrected chi connectivity index (χ2v) is 5.31. The average Bonchev–Trinajstić information content (AvgIpc) is 3.12. The van der Waals surface area contributed by atoms with Crippen molar-refractivity contribution in [3.63, 3.8) is 0 Å². The highest BCUT2D eigenvalue weighted by atomic mass is 16.4. The van der Waals surface area contributed by atoms with Crippen LogP contribution in [0.4, 0.5) is 4.79 Å². The average molecular weight is 255 g/mol. The van der Waals surface area contributed by atoms with Crippen molar-refractivity contribution in [3.05, 3.63) is 0 Å². The fraction of sp³-hybridized carbons (Fsp3) is 0.833. The summed E-state index contributed by atoms with van der Waals surface area (Å²) in [6.45, 7) is 3.01. The van der Waals surface area contributed by atoms with Crippen LogP contribution in [0.1, 0.15) is 19.3 Å². The predicted octanol–water partition coefficient (Wildman–Crippen LogP) is 0.197. The number of nitrogens with one attached hydrogen (secondary N) is 1. The molecule has 6 heteroatoms. The molecule has 0 spiro atoms. The summed E-state index contributed by atoms with van der Waals surface area (Å²) in [5.41, 5.74) is 0. The van der Waals surface area contributed by atoms with Crippen LogP contribution in [0.3, 0.4) is 0 Å². The van der Waals surface area contributed by atoms with Gasteiger partial charge in [-0.25, -0.2) is 9.59 Å². The predicted molar refractivity (Wildman–Crippen MR) is 66.4 cm³/mol. The van der Waals surface area contributed by atoms with E-state index in [0.717, 1.165) is 25.9 Å². The lowest BCUT2D eigenvalue weighted by Crippen LogP contribution is -2.54. The van der Waals surface area contributed by atoms with E-state index in [1.807, 2.05) is 7.05 Å². The summed E-state index contributed by atoms with van der Waals surface area (Å²) < 4.78 is 0. The number of likely N-dealkylation sites (N-methyl/N-ethyl adjacent to an activating group) is 1. The van der Waals surface area contributed by atoms with Crippen LogP contribution in [0.15, 0.2) is 0 Å². The summed E-state index contributed by atoms with van der Waals surface area (Å²) in [6, 6.07) is -0.971. The topological polar surface area (TPSA) is 72.9 Å². The molecule has 0 radical (unpaired) electrons. The Bertz CT molecular complexity index is 323. The van der Waals surface area contributed by atoms with Crippen molar-refractivity contribution < 1.29 is 14.7 Å². The number of urea groups is 1. The molecule has 0 unspecified atom stereocenters. The van der Waals surface area contributed by atoms with E-state index in [0.29, 0.717) is 25.4 Å². The number of carboxylic acids is 1. The number of nitrogens with zero attached hydrogens (tertiary/aromatic N) is 2. The van der Waals surface area contributed by atoms with Crippen LogP contribution < -0.4 is 5.32 Å². The lowest BCUT2D eigenvalue weighted by Gasteiger charge is -2.33. The number of carbonyl (C=O) groups is 2. The number of rotatable bonds is 4. The third-order valence-electron chi connectivity index (χ3n) is 3.65. The number of piperazine rings is 1. The molecule has 0 aromatic heterocycles. The van der Waals surface area contributed by atoms with Crippen molar-refractivity contribution in [2.24, 2.45) is 5.92 Å². The van der Waals surface area contributed by atoms with Crippen molar-refractivity contribution in [3.8, 4) is 0 Å². The van der Waals surface area contributed by atoms with E-state index >= 15 is 0 Å². The smallest absolute Gasteiger partial charge is 0.326 e. The summed E-state index contributed by atoms with van der Waals surface area (Å²) in [7, 11) is 2.02. The maximum absolute atomic E-state index is 12.0. The fourth-order valence-corrected chi connectivity index (χ4v) is 2.16. The molecule has 102 valence electrons. The molecule has 2 aliphatic rings. The molecule has 1 aliphatic heterocycles. The number of carbonyl (C=O) groups excluding carboxylic acids is 1. The molecule has 1 heterocycles. The minimum atomic E-state index is -0.927. The van der Waals surface area contributed by atoms with Crippen molar-refractivity contribution in [1.82, 2.24) is 15.1 Å². The van der Waals surface area contributed by atoms with Crippen LogP contribution in [-0.2, 0) is 4.79 Å². The number of hydrogen-bond donors (Lipinski definition) is 2. The first-order valence-electron chi connectivity index (χ1n) is 6.53. The van der Waals surface area contributed by atoms with Gasteiger partial charge >= 0.3 is 12.0 Å². The lowest BCUT2D eigenvalue weighted by molar-refractivity contribution is -0.139. The van der Waals surface area contributed by atoms with E-state index in [2.05, 4.69) is 10.2 Å². The van der Waals surface area contributed by atoms with Gasteiger partial charge in [-0.15, -0.1) is 0 Å². The zero-order valence-electron chi connectivity index (χ0n) is 10.8. The van der Waals surface area contributed by atoms with Gasteiger partial charge in [0.2, 0.25) is 0 Å². The van der Waals surface area contributed by atoms with Crippen molar-refractivity contribution in [1.29, 1.82) is 0 Å². The molecule has 18 heavy (non-hydrogen) atoms. The molecule has 0 bridgehead atoms. The first kappa shape index (κ1) is 13.1. The van der Waals surface area contributed by atoms with Gasteiger partial charge in [-0.3, -0.25) is 0 Å². The van der Waals surface area contributed by atoms with Crippen molar-refractivity contribution >= 4 is 12.0 Å². The Morgan fingerprint density at radius 1 is 1.28 bits per heavy atom. The van der Waals surface area contributed by atoms with E-state index in [9.17, 15) is 9.59 Å². The van der Waals surface area contributed by atoms with Crippen LogP contribution in [0, 0.1) is 5.92 Å². The van der Waals surface area contributed by atoms with Gasteiger partial charge in [0.25, 0.3) is 0 Å². The SMILES string of the molecule is CN1CCN(C(=O)N[C@@H](CC2CC2)C(=O)O)CC1. The standard InChI is InChI=1S/C12H21N3O3/c1-14-4-6-15(7-5-14)12(18)13-10(11(16)17)8-9-2-3-9/h9-10H,2-8H2,1H3,(H,13,18)(H,16,17)/t10-/m0/s1. The Balaban J connectivity index is 1.81. The van der Waals surface area contributed by atoms with Crippen LogP contribution >= 0.6 is 0 Å². The zero-order valence-corrected chi connectivity index (χ0v) is 10.8. The summed E-state index contributed by atoms with van der Waals surface area (Å²) in [4.78, 5) is 26.9. The normalized spacial score (nSPS) is 22.6. The largest absolute Gasteiger partial charge is 0.480 e. The van der Waals surface area contributed by atoms with Gasteiger partial charge in [0.1, 0.15) is 6.04 Å². The molecular formula is C12H21N3O3. The van der Waals surface area contributed by atoms with Crippen molar-refractivity contribution in [2.75, 3.05) is 33.2 Å². The highest BCUT2D eigenvalue weighted by Crippen LogP contribution is 2.33. The van der Waals surface area contributed by atoms with Gasteiger partial charge in [0, 0.05) is 26.2 Å². The van der Waals surface area contributed by atoms with Crippen LogP contribution in [0.5, 0.6) is 0 Å². The highest BCUT2D eigenvalue weighted by molar-refractivity contribution is 5.82. The van der Waals surface area contributed by atoms with E-state index in [1.165, 1.54) is 0 Å². The number of carboxylic acid groups (broad SMARTS) is 1. The summed E-state index contributed by atoms with van der Waals surface area (Å²) in [6.07, 6.45) is 2.75. The molecule has 1 aliphatic carbocycles. The minimum Gasteiger partial charge on any atom is -0.480 e. The Morgan fingerprint density at radius 2 is 1.89 bits per heavy atom. The molecule has 2 N–H and O–H groups in total. The molecule has 1 atom stereocenters. The molecule has 2 rings (SSSR count). The molecule has 2 amide bonds. The maximum Gasteiger partial charge on any atom is 0.326 e. The van der Waals surface area contributed by atoms with Crippen LogP contribution in [0.2, 0.25) is 0 Å². The van der Waals surface area contributed by atoms with Crippen molar-refractivity contribution in [2.45, 2.75) is 25.3 Å². The number of hydrogen-bond acceptors (Lipinski definition) is 3. The number of amides is 2. The van der Waals surface area contributed by atoms with Gasteiger partial charge in [-0.1, -0.05) is 12.8 Å². The number of aliphatic carboxylic acids is 1. The van der Waals surface area contributed by atoms with Crippen LogP contribution in [-0.4, -0.2) is 66.2 Å². The molecular weight excluding hydrogens is 234 g/mol. The fourth-order valence-electron chi connectivity index (χ4n) is 2.16. The molecule has 6 nitrogen and oxygen atoms in total. The van der Waals surface area contributed by atoms with E-state index in [1.54, 1.807) is 4.90 Å². The summed E-state index contributed by atoms with van der Waals surface area (Å²) in [5, 5.41) is 11.7. The third-order valence-corrected chi connectivity index (χ3v) is 3.65. The first-order valence-corrected chi connectivity index (χ1v) is 6.53. The van der Waals surface area contributed by atoms with Gasteiger partial charge in [-0.2, -0.15) is 0 Å². The van der Waals surface area contributed by atoms with Gasteiger partial charge < -0.3 is 20.2 Å². The third kappa shape index (κ3) is 3.60. The quantitative estimate of drug-likeness (QED) is 0.752. The Hall–Kier alpha value is -1.30. The van der Waals surface area contributed by atoms with E-state index in [4.69, 9.17) is 5.11 Å². The molecule has 1 saturated heterocycles. The highest BCUT2D eigenvalue weighted by Gasteiger charge is 2.31. The Morgan fingerprint density at radius 3 is 2.39 bits per heavy atom. The Kier molecular flexibility index (Phi) is 4.06. The monoisotopic (exact) mass is 255 g/mol. The molecule has 2 fully saturated rings. The molecule has 0 aromatic carbocycles. The van der Waals surface area contributed by atoms with E-state index in [-0.39, 0.29) is 6.03 Å². The molecule has 1 saturated carbocycles. The second kappa shape index (κ2) is 5.56. The summed E-state index contributed by atoms with van der Waals surface area (Å²) in [5.74, 6) is -0.441. The van der Waals surface area contributed by atoms with Gasteiger partial charge in [0.15, 0.2) is 0 Å². The van der Waals surface area contributed by atoms with E-state index < -0.39 is 12.0 Å². The maximum atomic E-state index is 12.0.